The van der Waals surface area contributed by atoms with Gasteiger partial charge in [0, 0.05) is 13.1 Å². The molecule has 2 rings (SSSR count). The minimum atomic E-state index is -0.427. The van der Waals surface area contributed by atoms with Crippen LogP contribution in [0.15, 0.2) is 0 Å². The van der Waals surface area contributed by atoms with Crippen LogP contribution in [0.2, 0.25) is 0 Å². The van der Waals surface area contributed by atoms with Crippen LogP contribution < -0.4 is 0 Å². The molecule has 2 aliphatic rings. The highest BCUT2D eigenvalue weighted by molar-refractivity contribution is 4.93. The first-order valence-electron chi connectivity index (χ1n) is 3.86. The molecular formula is C7H13NO2. The van der Waals surface area contributed by atoms with Crippen molar-refractivity contribution in [1.82, 2.24) is 4.90 Å². The molecule has 58 valence electrons. The fourth-order valence-electron chi connectivity index (χ4n) is 1.41. The molecule has 0 spiro atoms. The van der Waals surface area contributed by atoms with E-state index in [-0.39, 0.29) is 0 Å². The van der Waals surface area contributed by atoms with Crippen LogP contribution in [-0.4, -0.2) is 42.0 Å². The Kier molecular flexibility index (Phi) is 1.44. The quantitative estimate of drug-likeness (QED) is 0.552. The standard InChI is InChI=1S/C7H13NO2/c9-7(1-2-7)8-3-5-10-6-4-8/h9H,1-6H2. The predicted molar refractivity (Wildman–Crippen MR) is 36.6 cm³/mol. The lowest BCUT2D eigenvalue weighted by molar-refractivity contribution is -0.0757. The van der Waals surface area contributed by atoms with Crippen LogP contribution in [0.1, 0.15) is 12.8 Å². The molecule has 1 heterocycles. The van der Waals surface area contributed by atoms with Crippen molar-refractivity contribution in [2.24, 2.45) is 0 Å². The van der Waals surface area contributed by atoms with Crippen molar-refractivity contribution in [3.05, 3.63) is 0 Å². The van der Waals surface area contributed by atoms with Gasteiger partial charge in [0.05, 0.1) is 13.2 Å². The van der Waals surface area contributed by atoms with Gasteiger partial charge in [-0.3, -0.25) is 4.90 Å². The van der Waals surface area contributed by atoms with E-state index >= 15 is 0 Å². The van der Waals surface area contributed by atoms with Gasteiger partial charge in [-0.05, 0) is 12.8 Å². The van der Waals surface area contributed by atoms with Gasteiger partial charge in [0.2, 0.25) is 0 Å². The highest BCUT2D eigenvalue weighted by Gasteiger charge is 2.46. The van der Waals surface area contributed by atoms with Crippen LogP contribution >= 0.6 is 0 Å². The number of aliphatic hydroxyl groups is 1. The van der Waals surface area contributed by atoms with Crippen molar-refractivity contribution >= 4 is 0 Å². The molecule has 1 saturated heterocycles. The van der Waals surface area contributed by atoms with Crippen molar-refractivity contribution in [2.75, 3.05) is 26.3 Å². The number of nitrogens with zero attached hydrogens (tertiary/aromatic N) is 1. The van der Waals surface area contributed by atoms with Gasteiger partial charge in [-0.1, -0.05) is 0 Å². The van der Waals surface area contributed by atoms with Gasteiger partial charge >= 0.3 is 0 Å². The summed E-state index contributed by atoms with van der Waals surface area (Å²) in [6, 6.07) is 0. The van der Waals surface area contributed by atoms with Crippen LogP contribution in [0, 0.1) is 0 Å². The highest BCUT2D eigenvalue weighted by atomic mass is 16.5. The monoisotopic (exact) mass is 143 g/mol. The summed E-state index contributed by atoms with van der Waals surface area (Å²) in [7, 11) is 0. The second kappa shape index (κ2) is 2.19. The number of morpholine rings is 1. The van der Waals surface area contributed by atoms with Gasteiger partial charge in [0.15, 0.2) is 0 Å². The number of ether oxygens (including phenoxy) is 1. The van der Waals surface area contributed by atoms with E-state index < -0.39 is 5.72 Å². The lowest BCUT2D eigenvalue weighted by Crippen LogP contribution is -2.44. The van der Waals surface area contributed by atoms with Crippen LogP contribution in [0.5, 0.6) is 0 Å². The van der Waals surface area contributed by atoms with Gasteiger partial charge < -0.3 is 9.84 Å². The minimum absolute atomic E-state index is 0.427. The highest BCUT2D eigenvalue weighted by Crippen LogP contribution is 2.38. The first kappa shape index (κ1) is 6.58. The van der Waals surface area contributed by atoms with E-state index in [1.54, 1.807) is 0 Å². The predicted octanol–water partition coefficient (Wildman–Crippen LogP) is -0.199. The molecule has 3 heteroatoms. The van der Waals surface area contributed by atoms with E-state index in [4.69, 9.17) is 4.74 Å². The maximum atomic E-state index is 9.62. The summed E-state index contributed by atoms with van der Waals surface area (Å²) in [6.07, 6.45) is 1.90. The van der Waals surface area contributed by atoms with Crippen molar-refractivity contribution in [2.45, 2.75) is 18.6 Å². The Labute approximate surface area is 60.6 Å². The molecule has 0 aromatic carbocycles. The normalized spacial score (nSPS) is 32.1. The average molecular weight is 143 g/mol. The zero-order valence-corrected chi connectivity index (χ0v) is 6.05. The molecule has 0 bridgehead atoms. The first-order chi connectivity index (χ1) is 4.81. The van der Waals surface area contributed by atoms with Crippen molar-refractivity contribution in [3.63, 3.8) is 0 Å². The molecule has 0 radical (unpaired) electrons. The molecule has 0 atom stereocenters. The fraction of sp³-hybridized carbons (Fsp3) is 1.00. The maximum Gasteiger partial charge on any atom is 0.118 e. The van der Waals surface area contributed by atoms with Crippen molar-refractivity contribution in [3.8, 4) is 0 Å². The first-order valence-corrected chi connectivity index (χ1v) is 3.86. The minimum Gasteiger partial charge on any atom is -0.379 e. The summed E-state index contributed by atoms with van der Waals surface area (Å²) in [5.41, 5.74) is -0.427. The molecule has 0 aromatic heterocycles. The molecule has 0 aromatic rings. The van der Waals surface area contributed by atoms with E-state index in [2.05, 4.69) is 4.90 Å². The summed E-state index contributed by atoms with van der Waals surface area (Å²) in [5.74, 6) is 0. The lowest BCUT2D eigenvalue weighted by atomic mass is 10.4. The van der Waals surface area contributed by atoms with Crippen LogP contribution in [-0.2, 0) is 4.74 Å². The van der Waals surface area contributed by atoms with Crippen molar-refractivity contribution < 1.29 is 9.84 Å². The number of hydrogen-bond donors (Lipinski definition) is 1. The summed E-state index contributed by atoms with van der Waals surface area (Å²) in [4.78, 5) is 2.12. The van der Waals surface area contributed by atoms with Crippen LogP contribution in [0.4, 0.5) is 0 Å². The van der Waals surface area contributed by atoms with Crippen LogP contribution in [0.25, 0.3) is 0 Å². The Morgan fingerprint density at radius 3 is 2.30 bits per heavy atom. The van der Waals surface area contributed by atoms with E-state index in [0.29, 0.717) is 0 Å². The third-order valence-electron chi connectivity index (χ3n) is 2.30. The molecule has 1 aliphatic carbocycles. The summed E-state index contributed by atoms with van der Waals surface area (Å²) < 4.78 is 5.17. The molecule has 1 N–H and O–H groups in total. The van der Waals surface area contributed by atoms with E-state index in [0.717, 1.165) is 39.1 Å². The Morgan fingerprint density at radius 1 is 1.20 bits per heavy atom. The second-order valence-corrected chi connectivity index (χ2v) is 3.08. The van der Waals surface area contributed by atoms with Gasteiger partial charge in [-0.15, -0.1) is 0 Å². The molecule has 1 aliphatic heterocycles. The zero-order valence-electron chi connectivity index (χ0n) is 6.05. The molecule has 3 nitrogen and oxygen atoms in total. The Balaban J connectivity index is 1.91. The Hall–Kier alpha value is -0.120. The molecular weight excluding hydrogens is 130 g/mol. The van der Waals surface area contributed by atoms with Crippen molar-refractivity contribution in [1.29, 1.82) is 0 Å². The molecule has 1 saturated carbocycles. The third kappa shape index (κ3) is 1.05. The Morgan fingerprint density at radius 2 is 1.80 bits per heavy atom. The molecule has 0 unspecified atom stereocenters. The average Bonchev–Trinajstić information content (AvgIpc) is 2.72. The number of rotatable bonds is 1. The van der Waals surface area contributed by atoms with Gasteiger partial charge in [-0.25, -0.2) is 0 Å². The van der Waals surface area contributed by atoms with E-state index in [9.17, 15) is 5.11 Å². The zero-order chi connectivity index (χ0) is 7.03. The van der Waals surface area contributed by atoms with Gasteiger partial charge in [0.1, 0.15) is 5.72 Å². The molecule has 2 fully saturated rings. The van der Waals surface area contributed by atoms with Crippen LogP contribution in [0.3, 0.4) is 0 Å². The number of hydrogen-bond acceptors (Lipinski definition) is 3. The SMILES string of the molecule is OC1(N2CCOCC2)CC1. The third-order valence-corrected chi connectivity index (χ3v) is 2.30. The van der Waals surface area contributed by atoms with Gasteiger partial charge in [-0.2, -0.15) is 0 Å². The lowest BCUT2D eigenvalue weighted by Gasteiger charge is -2.31. The molecule has 10 heavy (non-hydrogen) atoms. The topological polar surface area (TPSA) is 32.7 Å². The van der Waals surface area contributed by atoms with E-state index in [1.165, 1.54) is 0 Å². The van der Waals surface area contributed by atoms with E-state index in [1.807, 2.05) is 0 Å². The Bertz CT molecular complexity index is 128. The summed E-state index contributed by atoms with van der Waals surface area (Å²) in [6.45, 7) is 3.36. The summed E-state index contributed by atoms with van der Waals surface area (Å²) in [5, 5.41) is 9.62. The smallest absolute Gasteiger partial charge is 0.118 e. The largest absolute Gasteiger partial charge is 0.379 e. The second-order valence-electron chi connectivity index (χ2n) is 3.08. The maximum absolute atomic E-state index is 9.62. The summed E-state index contributed by atoms with van der Waals surface area (Å²) >= 11 is 0. The molecule has 0 amide bonds. The fourth-order valence-corrected chi connectivity index (χ4v) is 1.41. The van der Waals surface area contributed by atoms with Gasteiger partial charge in [0.25, 0.3) is 0 Å².